The smallest absolute Gasteiger partial charge is 0.0948 e. The fraction of sp³-hybridized carbons (Fsp3) is 0.471. The van der Waals surface area contributed by atoms with E-state index in [-0.39, 0.29) is 0 Å². The van der Waals surface area contributed by atoms with E-state index in [1.807, 2.05) is 11.3 Å². The number of rotatable bonds is 4. The van der Waals surface area contributed by atoms with Gasteiger partial charge >= 0.3 is 0 Å². The summed E-state index contributed by atoms with van der Waals surface area (Å²) >= 11 is 1.89. The predicted molar refractivity (Wildman–Crippen MR) is 86.3 cm³/mol. The maximum atomic E-state index is 5.70. The van der Waals surface area contributed by atoms with E-state index < -0.39 is 0 Å². The van der Waals surface area contributed by atoms with Crippen molar-refractivity contribution in [2.75, 3.05) is 6.54 Å². The number of aromatic nitrogens is 1. The molecule has 1 aromatic heterocycles. The van der Waals surface area contributed by atoms with Crippen LogP contribution in [0.3, 0.4) is 0 Å². The molecule has 0 aliphatic heterocycles. The maximum absolute atomic E-state index is 5.70. The van der Waals surface area contributed by atoms with Crippen molar-refractivity contribution in [2.45, 2.75) is 44.9 Å². The number of hydrogen-bond acceptors (Lipinski definition) is 3. The Hall–Kier alpha value is -1.19. The van der Waals surface area contributed by atoms with E-state index in [1.165, 1.54) is 52.4 Å². The summed E-state index contributed by atoms with van der Waals surface area (Å²) in [5, 5.41) is 1.20. The molecule has 2 N–H and O–H groups in total. The number of benzene rings is 1. The Bertz CT molecular complexity index is 582. The summed E-state index contributed by atoms with van der Waals surface area (Å²) in [4.78, 5) is 6.39. The fourth-order valence-corrected chi connectivity index (χ4v) is 4.35. The third kappa shape index (κ3) is 2.79. The number of aryl methyl sites for hydroxylation is 1. The zero-order chi connectivity index (χ0) is 13.9. The first-order chi connectivity index (χ1) is 9.78. The van der Waals surface area contributed by atoms with Crippen molar-refractivity contribution in [3.63, 3.8) is 0 Å². The van der Waals surface area contributed by atoms with E-state index in [9.17, 15) is 0 Å². The van der Waals surface area contributed by atoms with Crippen LogP contribution in [0.5, 0.6) is 0 Å². The summed E-state index contributed by atoms with van der Waals surface area (Å²) in [6, 6.07) is 8.71. The summed E-state index contributed by atoms with van der Waals surface area (Å²) in [6.07, 6.45) is 6.27. The highest BCUT2D eigenvalue weighted by atomic mass is 32.1. The largest absolute Gasteiger partial charge is 0.330 e. The van der Waals surface area contributed by atoms with Gasteiger partial charge in [-0.3, -0.25) is 0 Å². The van der Waals surface area contributed by atoms with E-state index >= 15 is 0 Å². The molecule has 3 heteroatoms. The molecule has 0 radical (unpaired) electrons. The van der Waals surface area contributed by atoms with Crippen LogP contribution >= 0.6 is 11.3 Å². The normalized spacial score (nSPS) is 15.9. The minimum Gasteiger partial charge on any atom is -0.330 e. The van der Waals surface area contributed by atoms with Crippen molar-refractivity contribution in [1.29, 1.82) is 0 Å². The molecule has 20 heavy (non-hydrogen) atoms. The Morgan fingerprint density at radius 3 is 2.80 bits per heavy atom. The second-order valence-electron chi connectivity index (χ2n) is 5.71. The van der Waals surface area contributed by atoms with Crippen LogP contribution in [-0.2, 0) is 6.42 Å². The van der Waals surface area contributed by atoms with Gasteiger partial charge in [0.05, 0.1) is 10.7 Å². The quantitative estimate of drug-likeness (QED) is 0.911. The lowest BCUT2D eigenvalue weighted by Gasteiger charge is -2.09. The Labute approximate surface area is 125 Å². The molecule has 0 bridgehead atoms. The van der Waals surface area contributed by atoms with Gasteiger partial charge in [-0.05, 0) is 38.3 Å². The minimum absolute atomic E-state index is 0.685. The van der Waals surface area contributed by atoms with Gasteiger partial charge in [0, 0.05) is 16.9 Å². The van der Waals surface area contributed by atoms with Gasteiger partial charge in [0.25, 0.3) is 0 Å². The van der Waals surface area contributed by atoms with Crippen LogP contribution < -0.4 is 5.73 Å². The van der Waals surface area contributed by atoms with Crippen molar-refractivity contribution in [1.82, 2.24) is 4.98 Å². The van der Waals surface area contributed by atoms with E-state index in [0.717, 1.165) is 12.3 Å². The van der Waals surface area contributed by atoms with Gasteiger partial charge in [-0.25, -0.2) is 4.98 Å². The molecule has 106 valence electrons. The standard InChI is InChI=1S/C17H22N2S/c1-12-5-4-8-14(11-12)16-17(13-6-2-3-7-13)20-15(19-16)9-10-18/h4-5,8,11,13H,2-3,6-7,9-10,18H2,1H3. The molecule has 2 nitrogen and oxygen atoms in total. The number of nitrogens with zero attached hydrogens (tertiary/aromatic N) is 1. The van der Waals surface area contributed by atoms with Crippen LogP contribution in [-0.4, -0.2) is 11.5 Å². The lowest BCUT2D eigenvalue weighted by molar-refractivity contribution is 0.738. The molecule has 0 amide bonds. The highest BCUT2D eigenvalue weighted by Crippen LogP contribution is 2.42. The van der Waals surface area contributed by atoms with Crippen LogP contribution in [0.1, 0.15) is 47.0 Å². The highest BCUT2D eigenvalue weighted by Gasteiger charge is 2.24. The third-order valence-electron chi connectivity index (χ3n) is 4.07. The Morgan fingerprint density at radius 2 is 2.10 bits per heavy atom. The zero-order valence-corrected chi connectivity index (χ0v) is 12.9. The Balaban J connectivity index is 2.02. The molecule has 1 saturated carbocycles. The van der Waals surface area contributed by atoms with Gasteiger partial charge in [0.2, 0.25) is 0 Å². The zero-order valence-electron chi connectivity index (χ0n) is 12.1. The molecule has 1 aliphatic carbocycles. The topological polar surface area (TPSA) is 38.9 Å². The monoisotopic (exact) mass is 286 g/mol. The molecule has 3 rings (SSSR count). The molecule has 0 saturated heterocycles. The van der Waals surface area contributed by atoms with Crippen LogP contribution in [0.2, 0.25) is 0 Å². The van der Waals surface area contributed by atoms with Crippen molar-refractivity contribution >= 4 is 11.3 Å². The molecule has 1 aromatic carbocycles. The second-order valence-corrected chi connectivity index (χ2v) is 6.83. The fourth-order valence-electron chi connectivity index (χ4n) is 3.07. The molecule has 1 heterocycles. The van der Waals surface area contributed by atoms with Gasteiger partial charge < -0.3 is 5.73 Å². The van der Waals surface area contributed by atoms with Crippen molar-refractivity contribution in [3.8, 4) is 11.3 Å². The van der Waals surface area contributed by atoms with Crippen molar-refractivity contribution in [3.05, 3.63) is 39.7 Å². The molecular weight excluding hydrogens is 264 g/mol. The first-order valence-electron chi connectivity index (χ1n) is 7.54. The lowest BCUT2D eigenvalue weighted by Crippen LogP contribution is -2.01. The summed E-state index contributed by atoms with van der Waals surface area (Å²) in [6.45, 7) is 2.83. The molecule has 2 aromatic rings. The van der Waals surface area contributed by atoms with E-state index in [1.54, 1.807) is 0 Å². The van der Waals surface area contributed by atoms with Crippen molar-refractivity contribution in [2.24, 2.45) is 5.73 Å². The number of hydrogen-bond donors (Lipinski definition) is 1. The molecule has 0 spiro atoms. The summed E-state index contributed by atoms with van der Waals surface area (Å²) < 4.78 is 0. The van der Waals surface area contributed by atoms with Crippen LogP contribution in [0.25, 0.3) is 11.3 Å². The van der Waals surface area contributed by atoms with Crippen molar-refractivity contribution < 1.29 is 0 Å². The Morgan fingerprint density at radius 1 is 1.30 bits per heavy atom. The first-order valence-corrected chi connectivity index (χ1v) is 8.36. The SMILES string of the molecule is Cc1cccc(-c2nc(CCN)sc2C2CCCC2)c1. The predicted octanol–water partition coefficient (Wildman–Crippen LogP) is 4.28. The van der Waals surface area contributed by atoms with Gasteiger partial charge in [-0.2, -0.15) is 0 Å². The van der Waals surface area contributed by atoms with Crippen LogP contribution in [0, 0.1) is 6.92 Å². The summed E-state index contributed by atoms with van der Waals surface area (Å²) in [7, 11) is 0. The number of thiazole rings is 1. The van der Waals surface area contributed by atoms with Gasteiger partial charge in [-0.1, -0.05) is 36.6 Å². The molecule has 0 atom stereocenters. The van der Waals surface area contributed by atoms with E-state index in [4.69, 9.17) is 10.7 Å². The molecule has 1 fully saturated rings. The molecular formula is C17H22N2S. The van der Waals surface area contributed by atoms with E-state index in [0.29, 0.717) is 6.54 Å². The van der Waals surface area contributed by atoms with Crippen LogP contribution in [0.15, 0.2) is 24.3 Å². The summed E-state index contributed by atoms with van der Waals surface area (Å²) in [5.41, 5.74) is 9.49. The minimum atomic E-state index is 0.685. The average molecular weight is 286 g/mol. The Kier molecular flexibility index (Phi) is 4.18. The van der Waals surface area contributed by atoms with Gasteiger partial charge in [0.15, 0.2) is 0 Å². The first kappa shape index (κ1) is 13.8. The van der Waals surface area contributed by atoms with Gasteiger partial charge in [0.1, 0.15) is 0 Å². The average Bonchev–Trinajstić information content (AvgIpc) is 3.07. The highest BCUT2D eigenvalue weighted by molar-refractivity contribution is 7.12. The maximum Gasteiger partial charge on any atom is 0.0948 e. The third-order valence-corrected chi connectivity index (χ3v) is 5.35. The molecule has 1 aliphatic rings. The van der Waals surface area contributed by atoms with Crippen LogP contribution in [0.4, 0.5) is 0 Å². The lowest BCUT2D eigenvalue weighted by atomic mass is 10.0. The second kappa shape index (κ2) is 6.06. The summed E-state index contributed by atoms with van der Waals surface area (Å²) in [5.74, 6) is 0.717. The molecule has 0 unspecified atom stereocenters. The number of nitrogens with two attached hydrogens (primary N) is 1. The van der Waals surface area contributed by atoms with Gasteiger partial charge in [-0.15, -0.1) is 11.3 Å². The van der Waals surface area contributed by atoms with E-state index in [2.05, 4.69) is 31.2 Å².